The van der Waals surface area contributed by atoms with Crippen molar-refractivity contribution in [3.63, 3.8) is 0 Å². The van der Waals surface area contributed by atoms with Gasteiger partial charge >= 0.3 is 0 Å². The third-order valence-electron chi connectivity index (χ3n) is 10.5. The van der Waals surface area contributed by atoms with Crippen LogP contribution in [0.4, 0.5) is 22.7 Å². The molecule has 0 radical (unpaired) electrons. The van der Waals surface area contributed by atoms with Gasteiger partial charge in [0.25, 0.3) is 0 Å². The molecule has 5 aromatic rings. The zero-order chi connectivity index (χ0) is 45.8. The quantitative estimate of drug-likeness (QED) is 0.0416. The summed E-state index contributed by atoms with van der Waals surface area (Å²) >= 11 is 0. The molecule has 0 heterocycles. The molecule has 21 N–H and O–H groups in total. The van der Waals surface area contributed by atoms with Crippen LogP contribution in [-0.2, 0) is 25.9 Å². The molecule has 2 unspecified atom stereocenters. The first kappa shape index (κ1) is 53.2. The Bertz CT molecular complexity index is 1680. The van der Waals surface area contributed by atoms with Crippen LogP contribution in [0.2, 0.25) is 0 Å². The van der Waals surface area contributed by atoms with Crippen molar-refractivity contribution in [1.82, 2.24) is 5.32 Å². The van der Waals surface area contributed by atoms with E-state index in [9.17, 15) is 0 Å². The van der Waals surface area contributed by atoms with Crippen LogP contribution in [0.1, 0.15) is 92.7 Å². The summed E-state index contributed by atoms with van der Waals surface area (Å²) < 4.78 is 0. The van der Waals surface area contributed by atoms with E-state index in [2.05, 4.69) is 26.1 Å². The van der Waals surface area contributed by atoms with Crippen molar-refractivity contribution in [3.8, 4) is 0 Å². The minimum Gasteiger partial charge on any atom is -0.399 e. The molecule has 1 aliphatic carbocycles. The number of nitrogen functional groups attached to an aromatic ring is 4. The predicted octanol–water partition coefficient (Wildman–Crippen LogP) is 6.64. The zero-order valence-corrected chi connectivity index (χ0v) is 38.0. The fourth-order valence-electron chi connectivity index (χ4n) is 7.57. The maximum absolute atomic E-state index is 6.01. The van der Waals surface area contributed by atoms with E-state index in [1.807, 2.05) is 121 Å². The second-order valence-electron chi connectivity index (χ2n) is 17.5. The summed E-state index contributed by atoms with van der Waals surface area (Å²) in [6.07, 6.45) is 8.87. The Hall–Kier alpha value is -4.98. The number of rotatable bonds is 14. The number of anilines is 4. The molecule has 0 spiro atoms. The van der Waals surface area contributed by atoms with Crippen molar-refractivity contribution in [2.24, 2.45) is 45.2 Å². The first-order valence-corrected chi connectivity index (χ1v) is 22.0. The van der Waals surface area contributed by atoms with Crippen molar-refractivity contribution in [1.29, 1.82) is 0 Å². The predicted molar refractivity (Wildman–Crippen MR) is 269 cm³/mol. The van der Waals surface area contributed by atoms with Gasteiger partial charge in [0.15, 0.2) is 0 Å². The SMILES string of the molecule is CC1(C)CC(N)CC(C)(CN)C1.NCCCCCNCCN.NCc1cccc(CN)c1.Nc1ccc(Cc2ccc(N)cc2)cc1.Nc1ccc(Cc2ccc(N)cc2)cc1. The summed E-state index contributed by atoms with van der Waals surface area (Å²) in [6, 6.07) is 40.1. The summed E-state index contributed by atoms with van der Waals surface area (Å²) in [5.41, 5.74) is 66.9. The Morgan fingerprint density at radius 2 is 0.887 bits per heavy atom. The topological polar surface area (TPSA) is 272 Å². The smallest absolute Gasteiger partial charge is 0.0314 e. The molecule has 340 valence electrons. The number of hydrogen-bond donors (Lipinski definition) is 11. The van der Waals surface area contributed by atoms with Crippen LogP contribution in [0.15, 0.2) is 121 Å². The van der Waals surface area contributed by atoms with Crippen LogP contribution in [0, 0.1) is 10.8 Å². The standard InChI is InChI=1S/2C13H14N2.C10H22N2.C8H12N2.C7H19N3/c2*14-12-5-1-10(2-6-12)9-11-3-7-13(15)8-4-11;1-9(2)4-8(12)5-10(3,6-9)7-11;9-5-7-2-1-3-8(4-7)6-10;8-4-2-1-3-6-10-7-5-9/h2*1-8H,9,14-15H2;8H,4-7,11-12H2,1-3H3;1-4H,5-6,9-10H2;10H,1-9H2. The van der Waals surface area contributed by atoms with Crippen LogP contribution in [0.25, 0.3) is 0 Å². The molecular formula is C51H81N11. The van der Waals surface area contributed by atoms with E-state index in [-0.39, 0.29) is 5.41 Å². The highest BCUT2D eigenvalue weighted by Gasteiger charge is 2.38. The lowest BCUT2D eigenvalue weighted by molar-refractivity contribution is 0.0904. The average Bonchev–Trinajstić information content (AvgIpc) is 3.25. The largest absolute Gasteiger partial charge is 0.399 e. The first-order valence-electron chi connectivity index (χ1n) is 22.0. The van der Waals surface area contributed by atoms with Crippen LogP contribution >= 0.6 is 0 Å². The van der Waals surface area contributed by atoms with Crippen LogP contribution in [0.3, 0.4) is 0 Å². The Labute approximate surface area is 373 Å². The molecule has 1 saturated carbocycles. The van der Waals surface area contributed by atoms with Gasteiger partial charge in [0.1, 0.15) is 0 Å². The zero-order valence-electron chi connectivity index (χ0n) is 38.0. The summed E-state index contributed by atoms with van der Waals surface area (Å²) in [5, 5.41) is 3.23. The third kappa shape index (κ3) is 23.3. The monoisotopic (exact) mass is 848 g/mol. The van der Waals surface area contributed by atoms with Gasteiger partial charge in [-0.3, -0.25) is 0 Å². The molecule has 11 heteroatoms. The summed E-state index contributed by atoms with van der Waals surface area (Å²) in [5.74, 6) is 0. The summed E-state index contributed by atoms with van der Waals surface area (Å²) in [7, 11) is 0. The summed E-state index contributed by atoms with van der Waals surface area (Å²) in [6.45, 7) is 12.4. The second-order valence-corrected chi connectivity index (χ2v) is 17.5. The molecule has 0 amide bonds. The van der Waals surface area contributed by atoms with Crippen molar-refractivity contribution < 1.29 is 0 Å². The molecule has 1 fully saturated rings. The second kappa shape index (κ2) is 29.3. The molecule has 0 bridgehead atoms. The minimum absolute atomic E-state index is 0.279. The molecule has 0 saturated heterocycles. The van der Waals surface area contributed by atoms with Crippen LogP contribution in [-0.4, -0.2) is 38.8 Å². The van der Waals surface area contributed by atoms with E-state index in [0.29, 0.717) is 24.5 Å². The van der Waals surface area contributed by atoms with E-state index in [1.165, 1.54) is 41.5 Å². The van der Waals surface area contributed by atoms with Crippen molar-refractivity contribution in [2.45, 2.75) is 91.3 Å². The highest BCUT2D eigenvalue weighted by molar-refractivity contribution is 5.44. The van der Waals surface area contributed by atoms with Gasteiger partial charge < -0.3 is 62.7 Å². The number of unbranched alkanes of at least 4 members (excludes halogenated alkanes) is 2. The maximum Gasteiger partial charge on any atom is 0.0314 e. The first-order chi connectivity index (χ1) is 29.6. The fraction of sp³-hybridized carbons (Fsp3) is 0.412. The van der Waals surface area contributed by atoms with E-state index in [0.717, 1.165) is 98.7 Å². The Morgan fingerprint density at radius 1 is 0.484 bits per heavy atom. The highest BCUT2D eigenvalue weighted by atomic mass is 14.9. The molecule has 2 atom stereocenters. The normalized spacial score (nSPS) is 16.1. The van der Waals surface area contributed by atoms with Crippen LogP contribution < -0.4 is 62.7 Å². The molecule has 5 aromatic carbocycles. The number of nitrogens with one attached hydrogen (secondary N) is 1. The molecule has 6 rings (SSSR count). The third-order valence-corrected chi connectivity index (χ3v) is 10.5. The Morgan fingerprint density at radius 3 is 1.21 bits per heavy atom. The minimum atomic E-state index is 0.279. The fourth-order valence-corrected chi connectivity index (χ4v) is 7.57. The van der Waals surface area contributed by atoms with Crippen molar-refractivity contribution in [2.75, 3.05) is 55.7 Å². The number of benzene rings is 5. The number of hydrogen-bond acceptors (Lipinski definition) is 11. The molecular weight excluding hydrogens is 767 g/mol. The van der Waals surface area contributed by atoms with Gasteiger partial charge in [0.2, 0.25) is 0 Å². The van der Waals surface area contributed by atoms with Crippen LogP contribution in [0.5, 0.6) is 0 Å². The highest BCUT2D eigenvalue weighted by Crippen LogP contribution is 2.44. The van der Waals surface area contributed by atoms with Crippen molar-refractivity contribution >= 4 is 22.7 Å². The average molecular weight is 848 g/mol. The maximum atomic E-state index is 6.01. The summed E-state index contributed by atoms with van der Waals surface area (Å²) in [4.78, 5) is 0. The van der Waals surface area contributed by atoms with Gasteiger partial charge in [-0.15, -0.1) is 0 Å². The Balaban J connectivity index is 0.000000270. The lowest BCUT2D eigenvalue weighted by atomic mass is 9.63. The lowest BCUT2D eigenvalue weighted by Crippen LogP contribution is -2.45. The molecule has 1 aliphatic rings. The lowest BCUT2D eigenvalue weighted by Gasteiger charge is -2.45. The van der Waals surface area contributed by atoms with E-state index >= 15 is 0 Å². The molecule has 0 aliphatic heterocycles. The molecule has 62 heavy (non-hydrogen) atoms. The van der Waals surface area contributed by atoms with Gasteiger partial charge in [-0.1, -0.05) is 100.0 Å². The van der Waals surface area contributed by atoms with Gasteiger partial charge in [0.05, 0.1) is 0 Å². The van der Waals surface area contributed by atoms with E-state index < -0.39 is 0 Å². The molecule has 0 aromatic heterocycles. The van der Waals surface area contributed by atoms with Crippen molar-refractivity contribution in [3.05, 3.63) is 155 Å². The number of nitrogens with two attached hydrogens (primary N) is 10. The van der Waals surface area contributed by atoms with E-state index in [1.54, 1.807) is 0 Å². The van der Waals surface area contributed by atoms with Gasteiger partial charge in [-0.2, -0.15) is 0 Å². The molecule has 11 nitrogen and oxygen atoms in total. The van der Waals surface area contributed by atoms with Gasteiger partial charge in [0, 0.05) is 55.0 Å². The Kier molecular flexibility index (Phi) is 25.2. The van der Waals surface area contributed by atoms with Gasteiger partial charge in [-0.05, 0) is 157 Å². The van der Waals surface area contributed by atoms with E-state index in [4.69, 9.17) is 57.3 Å². The van der Waals surface area contributed by atoms with Gasteiger partial charge in [-0.25, -0.2) is 0 Å².